The second-order valence-corrected chi connectivity index (χ2v) is 6.72. The van der Waals surface area contributed by atoms with Gasteiger partial charge in [0.2, 0.25) is 0 Å². The molecular formula is C20H25N3O3. The van der Waals surface area contributed by atoms with Crippen molar-refractivity contribution in [3.8, 4) is 0 Å². The lowest BCUT2D eigenvalue weighted by atomic mass is 10.1. The number of aromatic nitrogens is 2. The summed E-state index contributed by atoms with van der Waals surface area (Å²) >= 11 is 0. The molecule has 0 bridgehead atoms. The van der Waals surface area contributed by atoms with Crippen LogP contribution in [0.25, 0.3) is 0 Å². The highest BCUT2D eigenvalue weighted by molar-refractivity contribution is 5.95. The van der Waals surface area contributed by atoms with Gasteiger partial charge in [-0.2, -0.15) is 0 Å². The van der Waals surface area contributed by atoms with E-state index < -0.39 is 0 Å². The molecule has 0 radical (unpaired) electrons. The maximum atomic E-state index is 12.9. The Bertz CT molecular complexity index is 824. The van der Waals surface area contributed by atoms with Crippen molar-refractivity contribution in [3.05, 3.63) is 63.3 Å². The minimum Gasteiger partial charge on any atom is -0.376 e. The van der Waals surface area contributed by atoms with Gasteiger partial charge in [-0.05, 0) is 50.5 Å². The van der Waals surface area contributed by atoms with Crippen LogP contribution < -0.4 is 10.9 Å². The van der Waals surface area contributed by atoms with Gasteiger partial charge in [-0.1, -0.05) is 6.07 Å². The molecule has 1 N–H and O–H groups in total. The number of pyridine rings is 2. The fourth-order valence-electron chi connectivity index (χ4n) is 3.36. The third kappa shape index (κ3) is 4.19. The third-order valence-corrected chi connectivity index (χ3v) is 4.73. The largest absolute Gasteiger partial charge is 0.376 e. The Morgan fingerprint density at radius 3 is 2.92 bits per heavy atom. The van der Waals surface area contributed by atoms with Crippen molar-refractivity contribution >= 4 is 5.91 Å². The predicted octanol–water partition coefficient (Wildman–Crippen LogP) is 2.01. The monoisotopic (exact) mass is 355 g/mol. The lowest BCUT2D eigenvalue weighted by molar-refractivity contribution is 0.0927. The highest BCUT2D eigenvalue weighted by Gasteiger charge is 2.21. The molecule has 26 heavy (non-hydrogen) atoms. The first-order chi connectivity index (χ1) is 12.6. The molecule has 1 aliphatic heterocycles. The summed E-state index contributed by atoms with van der Waals surface area (Å²) in [6.07, 6.45) is 4.37. The summed E-state index contributed by atoms with van der Waals surface area (Å²) < 4.78 is 7.31. The van der Waals surface area contributed by atoms with E-state index >= 15 is 0 Å². The van der Waals surface area contributed by atoms with Crippen LogP contribution in [0.4, 0.5) is 0 Å². The summed E-state index contributed by atoms with van der Waals surface area (Å²) in [5.74, 6) is -0.329. The van der Waals surface area contributed by atoms with Crippen molar-refractivity contribution in [3.63, 3.8) is 0 Å². The quantitative estimate of drug-likeness (QED) is 0.860. The van der Waals surface area contributed by atoms with Crippen LogP contribution in [-0.2, 0) is 17.7 Å². The van der Waals surface area contributed by atoms with Crippen molar-refractivity contribution in [1.29, 1.82) is 0 Å². The van der Waals surface area contributed by atoms with Crippen molar-refractivity contribution in [2.75, 3.05) is 13.2 Å². The molecular weight excluding hydrogens is 330 g/mol. The fourth-order valence-corrected chi connectivity index (χ4v) is 3.36. The molecule has 2 aromatic rings. The van der Waals surface area contributed by atoms with Gasteiger partial charge in [0.25, 0.3) is 11.5 Å². The molecule has 1 amide bonds. The highest BCUT2D eigenvalue weighted by Crippen LogP contribution is 2.15. The Labute approximate surface area is 153 Å². The normalized spacial score (nSPS) is 16.6. The zero-order valence-corrected chi connectivity index (χ0v) is 15.3. The van der Waals surface area contributed by atoms with Gasteiger partial charge in [0, 0.05) is 37.2 Å². The van der Waals surface area contributed by atoms with E-state index in [0.717, 1.165) is 30.8 Å². The van der Waals surface area contributed by atoms with E-state index in [-0.39, 0.29) is 23.1 Å². The molecule has 0 aromatic carbocycles. The number of hydrogen-bond acceptors (Lipinski definition) is 4. The lowest BCUT2D eigenvalue weighted by Crippen LogP contribution is -2.37. The minimum atomic E-state index is -0.329. The van der Waals surface area contributed by atoms with Gasteiger partial charge in [-0.3, -0.25) is 14.6 Å². The Hall–Kier alpha value is -2.47. The average molecular weight is 355 g/mol. The molecule has 1 atom stereocenters. The lowest BCUT2D eigenvalue weighted by Gasteiger charge is -2.17. The molecule has 0 saturated carbocycles. The number of hydrogen-bond donors (Lipinski definition) is 1. The molecule has 6 heteroatoms. The van der Waals surface area contributed by atoms with E-state index in [4.69, 9.17) is 4.74 Å². The zero-order chi connectivity index (χ0) is 18.5. The SMILES string of the molecule is Cc1cc(C)n(C[C@H]2CCCO2)c(=O)c1C(=O)NCCc1ccccn1. The first-order valence-electron chi connectivity index (χ1n) is 9.07. The smallest absolute Gasteiger partial charge is 0.263 e. The van der Waals surface area contributed by atoms with Crippen LogP contribution in [0, 0.1) is 13.8 Å². The van der Waals surface area contributed by atoms with Gasteiger partial charge in [0.1, 0.15) is 5.56 Å². The molecule has 6 nitrogen and oxygen atoms in total. The van der Waals surface area contributed by atoms with E-state index in [1.54, 1.807) is 17.7 Å². The summed E-state index contributed by atoms with van der Waals surface area (Å²) in [6.45, 7) is 5.38. The third-order valence-electron chi connectivity index (χ3n) is 4.73. The van der Waals surface area contributed by atoms with Crippen LogP contribution in [0.3, 0.4) is 0 Å². The Kier molecular flexibility index (Phi) is 5.83. The summed E-state index contributed by atoms with van der Waals surface area (Å²) in [4.78, 5) is 29.7. The van der Waals surface area contributed by atoms with Crippen LogP contribution in [0.15, 0.2) is 35.3 Å². The van der Waals surface area contributed by atoms with Crippen molar-refractivity contribution in [2.24, 2.45) is 0 Å². The number of aryl methyl sites for hydroxylation is 2. The summed E-state index contributed by atoms with van der Waals surface area (Å²) in [7, 11) is 0. The van der Waals surface area contributed by atoms with Gasteiger partial charge in [0.15, 0.2) is 0 Å². The van der Waals surface area contributed by atoms with Crippen LogP contribution in [0.2, 0.25) is 0 Å². The molecule has 138 valence electrons. The number of rotatable bonds is 6. The van der Waals surface area contributed by atoms with Crippen LogP contribution in [-0.4, -0.2) is 34.7 Å². The Morgan fingerprint density at radius 1 is 1.38 bits per heavy atom. The predicted molar refractivity (Wildman–Crippen MR) is 99.4 cm³/mol. The van der Waals surface area contributed by atoms with Gasteiger partial charge < -0.3 is 14.6 Å². The fraction of sp³-hybridized carbons (Fsp3) is 0.450. The zero-order valence-electron chi connectivity index (χ0n) is 15.3. The highest BCUT2D eigenvalue weighted by atomic mass is 16.5. The summed E-state index contributed by atoms with van der Waals surface area (Å²) in [5, 5.41) is 2.85. The molecule has 1 saturated heterocycles. The number of amides is 1. The number of ether oxygens (including phenoxy) is 1. The van der Waals surface area contributed by atoms with E-state index in [1.807, 2.05) is 31.2 Å². The molecule has 1 aliphatic rings. The minimum absolute atomic E-state index is 0.0502. The molecule has 0 aliphatic carbocycles. The Balaban J connectivity index is 1.73. The first-order valence-corrected chi connectivity index (χ1v) is 9.07. The average Bonchev–Trinajstić information content (AvgIpc) is 3.12. The van der Waals surface area contributed by atoms with Gasteiger partial charge in [-0.25, -0.2) is 0 Å². The number of nitrogens with zero attached hydrogens (tertiary/aromatic N) is 2. The molecule has 3 rings (SSSR count). The molecule has 2 aromatic heterocycles. The van der Waals surface area contributed by atoms with Crippen LogP contribution in [0.1, 0.15) is 40.2 Å². The second-order valence-electron chi connectivity index (χ2n) is 6.72. The number of nitrogens with one attached hydrogen (secondary N) is 1. The number of carbonyl (C=O) groups excluding carboxylic acids is 1. The van der Waals surface area contributed by atoms with Gasteiger partial charge in [-0.15, -0.1) is 0 Å². The van der Waals surface area contributed by atoms with E-state index in [9.17, 15) is 9.59 Å². The van der Waals surface area contributed by atoms with E-state index in [1.165, 1.54) is 0 Å². The summed E-state index contributed by atoms with van der Waals surface area (Å²) in [5.41, 5.74) is 2.44. The maximum Gasteiger partial charge on any atom is 0.263 e. The van der Waals surface area contributed by atoms with E-state index in [2.05, 4.69) is 10.3 Å². The van der Waals surface area contributed by atoms with Crippen molar-refractivity contribution in [2.45, 2.75) is 45.8 Å². The van der Waals surface area contributed by atoms with Gasteiger partial charge in [0.05, 0.1) is 12.6 Å². The molecule has 3 heterocycles. The van der Waals surface area contributed by atoms with E-state index in [0.29, 0.717) is 25.1 Å². The first kappa shape index (κ1) is 18.3. The van der Waals surface area contributed by atoms with Crippen molar-refractivity contribution < 1.29 is 9.53 Å². The molecule has 0 unspecified atom stereocenters. The van der Waals surface area contributed by atoms with Crippen LogP contribution >= 0.6 is 0 Å². The Morgan fingerprint density at radius 2 is 2.23 bits per heavy atom. The summed E-state index contributed by atoms with van der Waals surface area (Å²) in [6, 6.07) is 7.58. The molecule has 1 fully saturated rings. The maximum absolute atomic E-state index is 12.9. The topological polar surface area (TPSA) is 73.2 Å². The molecule has 0 spiro atoms. The number of carbonyl (C=O) groups is 1. The van der Waals surface area contributed by atoms with Crippen LogP contribution in [0.5, 0.6) is 0 Å². The van der Waals surface area contributed by atoms with Crippen molar-refractivity contribution in [1.82, 2.24) is 14.9 Å². The second kappa shape index (κ2) is 8.27. The standard InChI is InChI=1S/C20H25N3O3/c1-14-12-15(2)23(13-17-7-5-11-26-17)20(25)18(14)19(24)22-10-8-16-6-3-4-9-21-16/h3-4,6,9,12,17H,5,7-8,10-11,13H2,1-2H3,(H,22,24)/t17-/m1/s1. The van der Waals surface area contributed by atoms with Gasteiger partial charge >= 0.3 is 0 Å².